The van der Waals surface area contributed by atoms with Crippen LogP contribution < -0.4 is 0 Å². The summed E-state index contributed by atoms with van der Waals surface area (Å²) in [4.78, 5) is 0. The van der Waals surface area contributed by atoms with Crippen LogP contribution >= 0.6 is 0 Å². The summed E-state index contributed by atoms with van der Waals surface area (Å²) in [6, 6.07) is 73.4. The molecule has 2 unspecified atom stereocenters. The zero-order valence-corrected chi connectivity index (χ0v) is 40.5. The van der Waals surface area contributed by atoms with Crippen LogP contribution in [0.3, 0.4) is 0 Å². The summed E-state index contributed by atoms with van der Waals surface area (Å²) in [7, 11) is 0. The van der Waals surface area contributed by atoms with Crippen molar-refractivity contribution in [2.24, 2.45) is 0 Å². The second kappa shape index (κ2) is 15.8. The fraction of sp³-hybridized carbons (Fsp3) is 0.0968. The van der Waals surface area contributed by atoms with Crippen LogP contribution in [0.15, 0.2) is 205 Å². The van der Waals surface area contributed by atoms with Crippen molar-refractivity contribution >= 4 is 61.2 Å². The molecule has 0 radical (unpaired) electrons. The average Bonchev–Trinajstić information content (AvgIpc) is 3.86. The van der Waals surface area contributed by atoms with E-state index in [9.17, 15) is 0 Å². The number of hydrogen-bond acceptors (Lipinski definition) is 0. The first-order valence-corrected chi connectivity index (χ1v) is 32.9. The van der Waals surface area contributed by atoms with Gasteiger partial charge in [-0.3, -0.25) is 0 Å². The Kier molecular flexibility index (Phi) is 9.74. The van der Waals surface area contributed by atoms with Gasteiger partial charge in [0.2, 0.25) is 0 Å². The zero-order valence-electron chi connectivity index (χ0n) is 36.9. The van der Waals surface area contributed by atoms with Gasteiger partial charge in [0.15, 0.2) is 0 Å². The summed E-state index contributed by atoms with van der Waals surface area (Å²) < 4.78 is 0.877. The molecule has 0 saturated heterocycles. The van der Waals surface area contributed by atoms with E-state index in [2.05, 4.69) is 233 Å². The third kappa shape index (κ3) is 6.25. The van der Waals surface area contributed by atoms with Gasteiger partial charge in [0.05, 0.1) is 0 Å². The Morgan fingerprint density at radius 2 is 0.594 bits per heavy atom. The molecule has 12 rings (SSSR count). The van der Waals surface area contributed by atoms with Crippen molar-refractivity contribution in [3.05, 3.63) is 228 Å². The maximum absolute atomic E-state index is 2.71. The van der Waals surface area contributed by atoms with E-state index in [4.69, 9.17) is 0 Å². The standard InChI is InChI=1S/2C30H21.C2H7Si.Zr/c2*1-20-18-29-27(25-14-6-10-21-8-2-4-12-23(21)25)16-17-28(30(29)19-20)26-15-7-11-22-9-3-5-13-24(22)26;1-3-2;/h2*2-19H,1H3;3H,1-2H3;. The maximum atomic E-state index is 2.71. The molecule has 2 heteroatoms. The number of fused-ring (bicyclic) bond motifs is 6. The molecule has 10 aromatic rings. The molecular weight excluding hydrogens is 864 g/mol. The second-order valence-electron chi connectivity index (χ2n) is 18.4. The quantitative estimate of drug-likeness (QED) is 0.140. The predicted octanol–water partition coefficient (Wildman–Crippen LogP) is 17.2. The van der Waals surface area contributed by atoms with E-state index >= 15 is 0 Å². The van der Waals surface area contributed by atoms with Gasteiger partial charge in [-0.15, -0.1) is 0 Å². The Balaban J connectivity index is 1.13. The van der Waals surface area contributed by atoms with Gasteiger partial charge in [-0.05, 0) is 0 Å². The molecular formula is C62H49SiZr. The van der Waals surface area contributed by atoms with Crippen LogP contribution in [0.2, 0.25) is 13.1 Å². The van der Waals surface area contributed by atoms with Crippen molar-refractivity contribution in [2.75, 3.05) is 0 Å². The molecule has 2 aliphatic carbocycles. The van der Waals surface area contributed by atoms with Gasteiger partial charge in [-0.25, -0.2) is 0 Å². The fourth-order valence-corrected chi connectivity index (χ4v) is 35.0. The summed E-state index contributed by atoms with van der Waals surface area (Å²) in [6.45, 7) is 10.4. The minimum atomic E-state index is -2.65. The Bertz CT molecular complexity index is 3330. The van der Waals surface area contributed by atoms with Crippen molar-refractivity contribution in [1.82, 2.24) is 0 Å². The molecule has 0 amide bonds. The zero-order chi connectivity index (χ0) is 43.1. The number of rotatable bonds is 7. The van der Waals surface area contributed by atoms with Crippen LogP contribution in [0.1, 0.15) is 43.4 Å². The van der Waals surface area contributed by atoms with Crippen LogP contribution in [0.25, 0.3) is 99.7 Å². The topological polar surface area (TPSA) is 0 Å². The van der Waals surface area contributed by atoms with Crippen LogP contribution in [0.5, 0.6) is 0 Å². The number of hydrogen-bond donors (Lipinski definition) is 0. The van der Waals surface area contributed by atoms with Crippen LogP contribution in [0, 0.1) is 0 Å². The molecule has 2 aliphatic rings. The Morgan fingerprint density at radius 1 is 0.312 bits per heavy atom. The van der Waals surface area contributed by atoms with Gasteiger partial charge < -0.3 is 0 Å². The summed E-state index contributed by atoms with van der Waals surface area (Å²) in [5, 5.41) is 10.5. The molecule has 0 saturated carbocycles. The molecule has 0 N–H and O–H groups in total. The Hall–Kier alpha value is -6.18. The summed E-state index contributed by atoms with van der Waals surface area (Å²) in [5.74, 6) is -1.26. The summed E-state index contributed by atoms with van der Waals surface area (Å²) >= 11 is -2.65. The first-order valence-electron chi connectivity index (χ1n) is 22.9. The third-order valence-electron chi connectivity index (χ3n) is 14.5. The molecule has 0 heterocycles. The Morgan fingerprint density at radius 3 is 0.922 bits per heavy atom. The normalized spacial score (nSPS) is 15.5. The van der Waals surface area contributed by atoms with Crippen molar-refractivity contribution in [3.8, 4) is 44.5 Å². The monoisotopic (exact) mass is 911 g/mol. The molecule has 0 spiro atoms. The van der Waals surface area contributed by atoms with Crippen LogP contribution in [-0.4, -0.2) is 5.92 Å². The first kappa shape index (κ1) is 39.4. The van der Waals surface area contributed by atoms with Crippen LogP contribution in [-0.2, 0) is 20.9 Å². The van der Waals surface area contributed by atoms with E-state index in [1.165, 1.54) is 98.7 Å². The average molecular weight is 913 g/mol. The molecule has 0 bridgehead atoms. The SMILES string of the molecule is CC1=Cc2c(-c3cccc4ccccc34)ccc(-c3cccc4ccccc34)c2[CH]1[Zr]([CH]1C(C)=Cc2c(-c3cccc4ccccc34)ccc(-c3cccc4ccccc34)c21)[SiH](C)C. The van der Waals surface area contributed by atoms with Gasteiger partial charge in [-0.1, -0.05) is 0 Å². The van der Waals surface area contributed by atoms with E-state index in [1.807, 2.05) is 0 Å². The van der Waals surface area contributed by atoms with Gasteiger partial charge >= 0.3 is 388 Å². The summed E-state index contributed by atoms with van der Waals surface area (Å²) in [5.41, 5.74) is 20.1. The van der Waals surface area contributed by atoms with Crippen molar-refractivity contribution in [3.63, 3.8) is 0 Å². The molecule has 0 aliphatic heterocycles. The van der Waals surface area contributed by atoms with E-state index < -0.39 is 26.8 Å². The first-order chi connectivity index (χ1) is 31.4. The Labute approximate surface area is 385 Å². The molecule has 64 heavy (non-hydrogen) atoms. The van der Waals surface area contributed by atoms with Gasteiger partial charge in [0.25, 0.3) is 0 Å². The molecule has 0 fully saturated rings. The number of allylic oxidation sites excluding steroid dienone is 2. The van der Waals surface area contributed by atoms with Crippen molar-refractivity contribution in [2.45, 2.75) is 34.2 Å². The molecule has 10 aromatic carbocycles. The summed E-state index contributed by atoms with van der Waals surface area (Å²) in [6.07, 6.45) is 5.27. The van der Waals surface area contributed by atoms with Crippen molar-refractivity contribution < 1.29 is 20.9 Å². The van der Waals surface area contributed by atoms with Gasteiger partial charge in [-0.2, -0.15) is 0 Å². The molecule has 2 atom stereocenters. The van der Waals surface area contributed by atoms with E-state index in [1.54, 1.807) is 22.3 Å². The molecule has 0 nitrogen and oxygen atoms in total. The van der Waals surface area contributed by atoms with Crippen molar-refractivity contribution in [1.29, 1.82) is 0 Å². The van der Waals surface area contributed by atoms with E-state index in [-0.39, 0.29) is 0 Å². The van der Waals surface area contributed by atoms with Gasteiger partial charge in [0, 0.05) is 0 Å². The second-order valence-corrected chi connectivity index (χ2v) is 38.4. The minimum absolute atomic E-state index is 0.439. The predicted molar refractivity (Wildman–Crippen MR) is 276 cm³/mol. The van der Waals surface area contributed by atoms with E-state index in [0.717, 1.165) is 0 Å². The van der Waals surface area contributed by atoms with Gasteiger partial charge in [0.1, 0.15) is 0 Å². The fourth-order valence-electron chi connectivity index (χ4n) is 11.8. The van der Waals surface area contributed by atoms with E-state index in [0.29, 0.717) is 7.25 Å². The third-order valence-corrected chi connectivity index (χ3v) is 36.5. The van der Waals surface area contributed by atoms with Crippen LogP contribution in [0.4, 0.5) is 0 Å². The number of benzene rings is 10. The molecule has 305 valence electrons. The molecule has 0 aromatic heterocycles.